The van der Waals surface area contributed by atoms with E-state index in [9.17, 15) is 15.0 Å². The number of rotatable bonds is 2. The van der Waals surface area contributed by atoms with Crippen molar-refractivity contribution < 1.29 is 15.0 Å². The van der Waals surface area contributed by atoms with E-state index in [4.69, 9.17) is 0 Å². The van der Waals surface area contributed by atoms with Crippen LogP contribution in [0.15, 0.2) is 23.3 Å². The zero-order valence-corrected chi connectivity index (χ0v) is 14.9. The highest BCUT2D eigenvalue weighted by Gasteiger charge is 2.59. The number of carbonyl (C=O) groups is 1. The van der Waals surface area contributed by atoms with Gasteiger partial charge in [0, 0.05) is 11.0 Å². The number of ketones is 1. The molecule has 0 aromatic carbocycles. The predicted octanol–water partition coefficient (Wildman–Crippen LogP) is 3.41. The van der Waals surface area contributed by atoms with Crippen molar-refractivity contribution >= 4 is 5.78 Å². The molecule has 0 aromatic rings. The minimum atomic E-state index is -1.06. The molecule has 0 spiro atoms. The van der Waals surface area contributed by atoms with Crippen molar-refractivity contribution in [3.8, 4) is 0 Å². The number of carbonyl (C=O) groups excluding carboxylic acids is 1. The predicted molar refractivity (Wildman–Crippen MR) is 90.8 cm³/mol. The van der Waals surface area contributed by atoms with Crippen molar-refractivity contribution in [2.75, 3.05) is 6.61 Å². The van der Waals surface area contributed by atoms with Crippen molar-refractivity contribution in [2.45, 2.75) is 65.4 Å². The third-order valence-corrected chi connectivity index (χ3v) is 6.73. The Kier molecular flexibility index (Phi) is 3.89. The van der Waals surface area contributed by atoms with Gasteiger partial charge in [0.25, 0.3) is 0 Å². The average Bonchev–Trinajstić information content (AvgIpc) is 2.46. The highest BCUT2D eigenvalue weighted by atomic mass is 16.3. The molecule has 2 N–H and O–H groups in total. The van der Waals surface area contributed by atoms with E-state index in [2.05, 4.69) is 13.8 Å². The fourth-order valence-electron chi connectivity index (χ4n) is 5.56. The number of hydrogen-bond donors (Lipinski definition) is 2. The maximum Gasteiger partial charge on any atom is 0.181 e. The van der Waals surface area contributed by atoms with Gasteiger partial charge in [0.2, 0.25) is 0 Å². The summed E-state index contributed by atoms with van der Waals surface area (Å²) < 4.78 is 0. The smallest absolute Gasteiger partial charge is 0.181 e. The van der Waals surface area contributed by atoms with Gasteiger partial charge in [0.1, 0.15) is 5.60 Å². The molecule has 128 valence electrons. The molecule has 2 saturated carbocycles. The van der Waals surface area contributed by atoms with E-state index in [1.807, 2.05) is 13.8 Å². The van der Waals surface area contributed by atoms with Crippen molar-refractivity contribution in [1.29, 1.82) is 0 Å². The number of aliphatic hydroxyl groups excluding tert-OH is 1. The van der Waals surface area contributed by atoms with Gasteiger partial charge in [-0.05, 0) is 60.7 Å². The fourth-order valence-corrected chi connectivity index (χ4v) is 5.56. The summed E-state index contributed by atoms with van der Waals surface area (Å²) in [6, 6.07) is 0. The summed E-state index contributed by atoms with van der Waals surface area (Å²) in [5, 5.41) is 21.7. The molecule has 0 aliphatic heterocycles. The first kappa shape index (κ1) is 16.9. The Morgan fingerprint density at radius 2 is 1.96 bits per heavy atom. The molecule has 3 heteroatoms. The minimum absolute atomic E-state index is 0.0107. The van der Waals surface area contributed by atoms with Gasteiger partial charge in [-0.25, -0.2) is 0 Å². The second-order valence-electron chi connectivity index (χ2n) is 8.85. The van der Waals surface area contributed by atoms with Crippen LogP contribution in [0.4, 0.5) is 0 Å². The molecule has 3 rings (SSSR count). The standard InChI is InChI=1S/C20H30O3/c1-13(2)14-11-20(23)9-6-16-18(3,4)7-5-8-19(16,12-21)17(20)10-15(14)22/h10-11,13,16,21,23H,5-9,12H2,1-4H3. The lowest BCUT2D eigenvalue weighted by Gasteiger charge is -2.59. The van der Waals surface area contributed by atoms with Gasteiger partial charge < -0.3 is 10.2 Å². The molecule has 0 heterocycles. The van der Waals surface area contributed by atoms with Crippen molar-refractivity contribution in [1.82, 2.24) is 0 Å². The zero-order chi connectivity index (χ0) is 17.0. The van der Waals surface area contributed by atoms with Crippen LogP contribution in [0.5, 0.6) is 0 Å². The van der Waals surface area contributed by atoms with E-state index >= 15 is 0 Å². The normalized spacial score (nSPS) is 39.4. The maximum atomic E-state index is 12.6. The summed E-state index contributed by atoms with van der Waals surface area (Å²) >= 11 is 0. The summed E-state index contributed by atoms with van der Waals surface area (Å²) in [7, 11) is 0. The summed E-state index contributed by atoms with van der Waals surface area (Å²) in [6.45, 7) is 8.54. The third kappa shape index (κ3) is 2.35. The first-order valence-electron chi connectivity index (χ1n) is 8.99. The quantitative estimate of drug-likeness (QED) is 0.820. The molecule has 23 heavy (non-hydrogen) atoms. The topological polar surface area (TPSA) is 57.5 Å². The first-order valence-corrected chi connectivity index (χ1v) is 8.99. The minimum Gasteiger partial charge on any atom is -0.395 e. The van der Waals surface area contributed by atoms with Gasteiger partial charge in [-0.1, -0.05) is 34.1 Å². The van der Waals surface area contributed by atoms with Crippen LogP contribution in [0, 0.1) is 22.7 Å². The van der Waals surface area contributed by atoms with Gasteiger partial charge in [-0.15, -0.1) is 0 Å². The Labute approximate surface area is 139 Å². The average molecular weight is 318 g/mol. The van der Waals surface area contributed by atoms with Crippen molar-refractivity contribution in [3.05, 3.63) is 23.3 Å². The Morgan fingerprint density at radius 1 is 1.26 bits per heavy atom. The molecule has 3 aliphatic rings. The molecular formula is C20H30O3. The highest BCUT2D eigenvalue weighted by molar-refractivity contribution is 6.06. The van der Waals surface area contributed by atoms with Crippen LogP contribution in [-0.2, 0) is 4.79 Å². The molecule has 3 unspecified atom stereocenters. The SMILES string of the molecule is CC(C)C1=CC2(O)CCC3C(C)(C)CCCC3(CO)C2=CC1=O. The van der Waals surface area contributed by atoms with Crippen LogP contribution in [0.3, 0.4) is 0 Å². The number of hydrogen-bond acceptors (Lipinski definition) is 3. The molecule has 3 atom stereocenters. The molecule has 0 amide bonds. The molecule has 2 fully saturated rings. The van der Waals surface area contributed by atoms with Gasteiger partial charge >= 0.3 is 0 Å². The summed E-state index contributed by atoms with van der Waals surface area (Å²) in [5.74, 6) is 0.438. The van der Waals surface area contributed by atoms with E-state index in [1.54, 1.807) is 12.2 Å². The number of fused-ring (bicyclic) bond motifs is 3. The van der Waals surface area contributed by atoms with Gasteiger partial charge in [-0.2, -0.15) is 0 Å². The molecular weight excluding hydrogens is 288 g/mol. The Balaban J connectivity index is 2.12. The van der Waals surface area contributed by atoms with E-state index in [-0.39, 0.29) is 23.7 Å². The van der Waals surface area contributed by atoms with Crippen LogP contribution in [0.1, 0.15) is 59.8 Å². The van der Waals surface area contributed by atoms with Crippen molar-refractivity contribution in [3.63, 3.8) is 0 Å². The number of aliphatic hydroxyl groups is 2. The summed E-state index contributed by atoms with van der Waals surface area (Å²) in [4.78, 5) is 12.6. The molecule has 3 nitrogen and oxygen atoms in total. The lowest BCUT2D eigenvalue weighted by atomic mass is 9.46. The Bertz CT molecular complexity index is 584. The van der Waals surface area contributed by atoms with Crippen LogP contribution < -0.4 is 0 Å². The molecule has 0 aromatic heterocycles. The largest absolute Gasteiger partial charge is 0.395 e. The van der Waals surface area contributed by atoms with Gasteiger partial charge in [0.05, 0.1) is 6.61 Å². The molecule has 3 aliphatic carbocycles. The van der Waals surface area contributed by atoms with Crippen molar-refractivity contribution in [2.24, 2.45) is 22.7 Å². The molecule has 0 saturated heterocycles. The second-order valence-corrected chi connectivity index (χ2v) is 8.85. The molecule has 0 radical (unpaired) electrons. The summed E-state index contributed by atoms with van der Waals surface area (Å²) in [5.41, 5.74) is 0.126. The lowest BCUT2D eigenvalue weighted by molar-refractivity contribution is -0.114. The van der Waals surface area contributed by atoms with Gasteiger partial charge in [0.15, 0.2) is 5.78 Å². The highest BCUT2D eigenvalue weighted by Crippen LogP contribution is 2.62. The fraction of sp³-hybridized carbons (Fsp3) is 0.750. The molecule has 0 bridgehead atoms. The van der Waals surface area contributed by atoms with E-state index in [0.29, 0.717) is 17.9 Å². The van der Waals surface area contributed by atoms with E-state index < -0.39 is 11.0 Å². The Morgan fingerprint density at radius 3 is 2.57 bits per heavy atom. The van der Waals surface area contributed by atoms with Crippen LogP contribution >= 0.6 is 0 Å². The van der Waals surface area contributed by atoms with E-state index in [0.717, 1.165) is 31.3 Å². The van der Waals surface area contributed by atoms with Crippen LogP contribution in [0.2, 0.25) is 0 Å². The first-order chi connectivity index (χ1) is 10.7. The number of allylic oxidation sites excluding steroid dienone is 2. The third-order valence-electron chi connectivity index (χ3n) is 6.73. The Hall–Kier alpha value is -0.930. The summed E-state index contributed by atoms with van der Waals surface area (Å²) in [6.07, 6.45) is 8.06. The van der Waals surface area contributed by atoms with Gasteiger partial charge in [-0.3, -0.25) is 4.79 Å². The van der Waals surface area contributed by atoms with Crippen LogP contribution in [-0.4, -0.2) is 28.2 Å². The van der Waals surface area contributed by atoms with E-state index in [1.165, 1.54) is 0 Å². The maximum absolute atomic E-state index is 12.6. The monoisotopic (exact) mass is 318 g/mol. The zero-order valence-electron chi connectivity index (χ0n) is 14.9. The van der Waals surface area contributed by atoms with Crippen LogP contribution in [0.25, 0.3) is 0 Å². The lowest BCUT2D eigenvalue weighted by Crippen LogP contribution is -2.57. The second kappa shape index (κ2) is 5.29.